The third-order valence-corrected chi connectivity index (χ3v) is 2.19. The van der Waals surface area contributed by atoms with Gasteiger partial charge in [-0.05, 0) is 22.0 Å². The number of aromatic nitrogens is 1. The topological polar surface area (TPSA) is 71.2 Å². The van der Waals surface area contributed by atoms with E-state index in [-0.39, 0.29) is 24.8 Å². The van der Waals surface area contributed by atoms with Crippen molar-refractivity contribution >= 4 is 27.8 Å². The Bertz CT molecular complexity index is 362. The molecule has 0 aliphatic rings. The van der Waals surface area contributed by atoms with E-state index in [4.69, 9.17) is 0 Å². The molecule has 0 fully saturated rings. The first-order valence-corrected chi connectivity index (χ1v) is 5.11. The van der Waals surface area contributed by atoms with E-state index in [1.54, 1.807) is 12.3 Å². The first-order chi connectivity index (χ1) is 7.13. The molecule has 0 bridgehead atoms. The maximum Gasteiger partial charge on any atom is 0.307 e. The van der Waals surface area contributed by atoms with Crippen LogP contribution in [0.25, 0.3) is 0 Å². The Balaban J connectivity index is 2.34. The summed E-state index contributed by atoms with van der Waals surface area (Å²) in [5, 5.41) is 2.59. The van der Waals surface area contributed by atoms with Gasteiger partial charge in [-0.2, -0.15) is 0 Å². The van der Waals surface area contributed by atoms with Gasteiger partial charge in [-0.1, -0.05) is 0 Å². The van der Waals surface area contributed by atoms with Gasteiger partial charge < -0.3 is 15.0 Å². The van der Waals surface area contributed by atoms with E-state index in [9.17, 15) is 9.59 Å². The molecule has 1 amide bonds. The van der Waals surface area contributed by atoms with Crippen molar-refractivity contribution in [2.45, 2.75) is 6.42 Å². The highest BCUT2D eigenvalue weighted by molar-refractivity contribution is 9.10. The maximum atomic E-state index is 11.4. The first-order valence-electron chi connectivity index (χ1n) is 4.32. The Labute approximate surface area is 95.3 Å². The summed E-state index contributed by atoms with van der Waals surface area (Å²) in [5.74, 6) is -0.590. The number of aromatic amines is 1. The molecule has 1 rings (SSSR count). The van der Waals surface area contributed by atoms with Crippen LogP contribution in [-0.4, -0.2) is 30.5 Å². The minimum Gasteiger partial charge on any atom is -0.469 e. The third kappa shape index (κ3) is 3.75. The van der Waals surface area contributed by atoms with Crippen LogP contribution < -0.4 is 5.32 Å². The van der Waals surface area contributed by atoms with E-state index in [1.807, 2.05) is 0 Å². The molecule has 0 atom stereocenters. The molecular formula is C9H11BrN2O3. The molecule has 2 N–H and O–H groups in total. The van der Waals surface area contributed by atoms with E-state index in [0.29, 0.717) is 5.69 Å². The monoisotopic (exact) mass is 274 g/mol. The number of hydrogen-bond donors (Lipinski definition) is 2. The largest absolute Gasteiger partial charge is 0.469 e. The SMILES string of the molecule is COC(=O)CCNC(=O)c1cc(Br)c[nH]1. The lowest BCUT2D eigenvalue weighted by molar-refractivity contribution is -0.140. The van der Waals surface area contributed by atoms with E-state index in [2.05, 4.69) is 31.0 Å². The Kier molecular flexibility index (Phi) is 4.36. The van der Waals surface area contributed by atoms with E-state index in [0.717, 1.165) is 4.47 Å². The number of carbonyl (C=O) groups is 2. The van der Waals surface area contributed by atoms with Gasteiger partial charge in [0.1, 0.15) is 5.69 Å². The number of H-pyrrole nitrogens is 1. The first kappa shape index (κ1) is 11.8. The predicted octanol–water partition coefficient (Wildman–Crippen LogP) is 1.07. The zero-order chi connectivity index (χ0) is 11.3. The number of nitrogens with one attached hydrogen (secondary N) is 2. The summed E-state index contributed by atoms with van der Waals surface area (Å²) in [6.45, 7) is 0.266. The minimum atomic E-state index is -0.344. The molecule has 0 radical (unpaired) electrons. The predicted molar refractivity (Wildman–Crippen MR) is 57.5 cm³/mol. The van der Waals surface area contributed by atoms with Crippen molar-refractivity contribution < 1.29 is 14.3 Å². The molecule has 1 heterocycles. The fourth-order valence-corrected chi connectivity index (χ4v) is 1.32. The lowest BCUT2D eigenvalue weighted by Crippen LogP contribution is -2.26. The second-order valence-corrected chi connectivity index (χ2v) is 3.73. The number of esters is 1. The lowest BCUT2D eigenvalue weighted by Gasteiger charge is -2.02. The van der Waals surface area contributed by atoms with Crippen LogP contribution >= 0.6 is 15.9 Å². The highest BCUT2D eigenvalue weighted by atomic mass is 79.9. The molecule has 1 aromatic heterocycles. The Morgan fingerprint density at radius 3 is 2.87 bits per heavy atom. The van der Waals surface area contributed by atoms with E-state index >= 15 is 0 Å². The fourth-order valence-electron chi connectivity index (χ4n) is 0.974. The molecule has 6 heteroatoms. The van der Waals surface area contributed by atoms with Gasteiger partial charge in [-0.25, -0.2) is 0 Å². The van der Waals surface area contributed by atoms with Gasteiger partial charge >= 0.3 is 5.97 Å². The molecule has 1 aromatic rings. The summed E-state index contributed by atoms with van der Waals surface area (Å²) in [4.78, 5) is 24.9. The van der Waals surface area contributed by atoms with Gasteiger partial charge in [0.15, 0.2) is 0 Å². The van der Waals surface area contributed by atoms with Crippen molar-refractivity contribution in [2.75, 3.05) is 13.7 Å². The van der Waals surface area contributed by atoms with Gasteiger partial charge in [-0.3, -0.25) is 9.59 Å². The van der Waals surface area contributed by atoms with Crippen LogP contribution in [0.3, 0.4) is 0 Å². The van der Waals surface area contributed by atoms with Gasteiger partial charge in [-0.15, -0.1) is 0 Å². The molecule has 0 aliphatic carbocycles. The summed E-state index contributed by atoms with van der Waals surface area (Å²) in [6.07, 6.45) is 1.83. The average molecular weight is 275 g/mol. The van der Waals surface area contributed by atoms with Crippen LogP contribution in [0.4, 0.5) is 0 Å². The molecule has 0 aromatic carbocycles. The molecule has 5 nitrogen and oxygen atoms in total. The molecule has 0 saturated carbocycles. The van der Waals surface area contributed by atoms with Crippen molar-refractivity contribution in [1.29, 1.82) is 0 Å². The van der Waals surface area contributed by atoms with Gasteiger partial charge in [0.05, 0.1) is 13.5 Å². The quantitative estimate of drug-likeness (QED) is 0.807. The molecule has 0 aliphatic heterocycles. The molecule has 15 heavy (non-hydrogen) atoms. The lowest BCUT2D eigenvalue weighted by atomic mass is 10.4. The Morgan fingerprint density at radius 1 is 1.60 bits per heavy atom. The summed E-state index contributed by atoms with van der Waals surface area (Å²) in [6, 6.07) is 1.66. The van der Waals surface area contributed by atoms with Gasteiger partial charge in [0.2, 0.25) is 0 Å². The van der Waals surface area contributed by atoms with Crippen LogP contribution in [0.2, 0.25) is 0 Å². The van der Waals surface area contributed by atoms with Crippen LogP contribution in [0.5, 0.6) is 0 Å². The van der Waals surface area contributed by atoms with Crippen LogP contribution in [0.1, 0.15) is 16.9 Å². The summed E-state index contributed by atoms with van der Waals surface area (Å²) < 4.78 is 5.24. The number of amides is 1. The Hall–Kier alpha value is -1.30. The zero-order valence-corrected chi connectivity index (χ0v) is 9.76. The molecular weight excluding hydrogens is 264 g/mol. The highest BCUT2D eigenvalue weighted by Gasteiger charge is 2.07. The van der Waals surface area contributed by atoms with E-state index in [1.165, 1.54) is 7.11 Å². The summed E-state index contributed by atoms with van der Waals surface area (Å²) >= 11 is 3.22. The van der Waals surface area contributed by atoms with Crippen molar-refractivity contribution in [3.63, 3.8) is 0 Å². The Morgan fingerprint density at radius 2 is 2.33 bits per heavy atom. The third-order valence-electron chi connectivity index (χ3n) is 1.73. The molecule has 0 unspecified atom stereocenters. The standard InChI is InChI=1S/C9H11BrN2O3/c1-15-8(13)2-3-11-9(14)7-4-6(10)5-12-7/h4-5,12H,2-3H2,1H3,(H,11,14). The zero-order valence-electron chi connectivity index (χ0n) is 8.17. The van der Waals surface area contributed by atoms with Crippen molar-refractivity contribution in [1.82, 2.24) is 10.3 Å². The van der Waals surface area contributed by atoms with Gasteiger partial charge in [0.25, 0.3) is 5.91 Å². The highest BCUT2D eigenvalue weighted by Crippen LogP contribution is 2.10. The molecule has 0 spiro atoms. The smallest absolute Gasteiger partial charge is 0.307 e. The van der Waals surface area contributed by atoms with Crippen LogP contribution in [0, 0.1) is 0 Å². The summed E-state index contributed by atoms with van der Waals surface area (Å²) in [7, 11) is 1.31. The second kappa shape index (κ2) is 5.55. The number of methoxy groups -OCH3 is 1. The number of halogens is 1. The van der Waals surface area contributed by atoms with Crippen LogP contribution in [0.15, 0.2) is 16.7 Å². The molecule has 82 valence electrons. The number of rotatable bonds is 4. The van der Waals surface area contributed by atoms with Crippen molar-refractivity contribution in [3.8, 4) is 0 Å². The van der Waals surface area contributed by atoms with E-state index < -0.39 is 0 Å². The maximum absolute atomic E-state index is 11.4. The van der Waals surface area contributed by atoms with Gasteiger partial charge in [0, 0.05) is 17.2 Å². The van der Waals surface area contributed by atoms with Crippen molar-refractivity contribution in [3.05, 3.63) is 22.4 Å². The number of hydrogen-bond acceptors (Lipinski definition) is 3. The second-order valence-electron chi connectivity index (χ2n) is 2.81. The molecule has 0 saturated heterocycles. The average Bonchev–Trinajstić information content (AvgIpc) is 2.64. The normalized spacial score (nSPS) is 9.73. The number of ether oxygens (including phenoxy) is 1. The fraction of sp³-hybridized carbons (Fsp3) is 0.333. The minimum absolute atomic E-state index is 0.171. The van der Waals surface area contributed by atoms with Crippen LogP contribution in [-0.2, 0) is 9.53 Å². The van der Waals surface area contributed by atoms with Crippen molar-refractivity contribution in [2.24, 2.45) is 0 Å². The number of carbonyl (C=O) groups excluding carboxylic acids is 2. The summed E-state index contributed by atoms with van der Waals surface area (Å²) in [5.41, 5.74) is 0.451.